The van der Waals surface area contributed by atoms with Crippen LogP contribution in [0.15, 0.2) is 382 Å². The third kappa shape index (κ3) is 9.29. The van der Waals surface area contributed by atoms with Crippen molar-refractivity contribution in [3.63, 3.8) is 0 Å². The minimum atomic E-state index is -0.757. The van der Waals surface area contributed by atoms with E-state index in [4.69, 9.17) is 34.4 Å². The Hall–Kier alpha value is -15.1. The summed E-state index contributed by atoms with van der Waals surface area (Å²) in [6.07, 6.45) is 0. The second-order valence-electron chi connectivity index (χ2n) is 30.3. The first-order chi connectivity index (χ1) is 56.5. The molecule has 0 saturated carbocycles. The number of nitrogens with zero attached hydrogens (tertiary/aromatic N) is 5. The van der Waals surface area contributed by atoms with Gasteiger partial charge in [-0.15, -0.1) is 0 Å². The van der Waals surface area contributed by atoms with Gasteiger partial charge >= 0.3 is 0 Å². The average Bonchev–Trinajstić information content (AvgIpc) is 1.48. The lowest BCUT2D eigenvalue weighted by molar-refractivity contribution is 0.447. The summed E-state index contributed by atoms with van der Waals surface area (Å²) in [5.74, 6) is 6.03. The number of hydrogen-bond donors (Lipinski definition) is 0. The molecule has 0 fully saturated rings. The molecule has 0 amide bonds. The molecule has 2 aliphatic heterocycles. The molecule has 0 N–H and O–H groups in total. The molecule has 20 aromatic rings. The zero-order chi connectivity index (χ0) is 74.7. The summed E-state index contributed by atoms with van der Waals surface area (Å²) in [7, 11) is 0. The van der Waals surface area contributed by atoms with Gasteiger partial charge in [0.05, 0.1) is 22.0 Å². The standard InChI is InChI=1S/C107H63N5O2/c1-3-25-71(26-4-1)102-110-103(72-27-5-2-6-28-72)112-104(111-102)73-51-46-68(47-52-73)77-37-20-41-88-95(77)81-34-13-16-39-86(81)106(88)92-60-56-67-24-9-12-33-80(67)100(92)114-101-85-63-76(53-48-69(85)57-61-93(101)106)75-30-19-29-74(62-75)64-44-49-70(50-45-64)97-83-36-15-18-43-94(83)108-105(109-97)84-38-21-42-89-96(84)82-35-14-17-40-87(82)107(89)90-58-54-65-22-7-10-31-78(65)98(90)113-99-79-32-11-8-23-66(79)55-59-91(99)107/h1-63H. The molecule has 114 heavy (non-hydrogen) atoms. The van der Waals surface area contributed by atoms with Crippen molar-refractivity contribution >= 4 is 54.0 Å². The van der Waals surface area contributed by atoms with Gasteiger partial charge in [-0.3, -0.25) is 0 Å². The maximum Gasteiger partial charge on any atom is 0.164 e. The fourth-order valence-electron chi connectivity index (χ4n) is 19.4. The van der Waals surface area contributed by atoms with Crippen molar-refractivity contribution in [2.24, 2.45) is 0 Å². The van der Waals surface area contributed by atoms with Gasteiger partial charge in [0.15, 0.2) is 23.3 Å². The van der Waals surface area contributed by atoms with E-state index in [0.29, 0.717) is 23.3 Å². The van der Waals surface area contributed by atoms with Crippen LogP contribution in [0.1, 0.15) is 44.5 Å². The van der Waals surface area contributed by atoms with Crippen LogP contribution in [0.3, 0.4) is 0 Å². The first kappa shape index (κ1) is 63.8. The zero-order valence-electron chi connectivity index (χ0n) is 61.4. The van der Waals surface area contributed by atoms with Crippen molar-refractivity contribution < 1.29 is 9.47 Å². The summed E-state index contributed by atoms with van der Waals surface area (Å²) < 4.78 is 14.9. The van der Waals surface area contributed by atoms with E-state index in [1.54, 1.807) is 0 Å². The van der Waals surface area contributed by atoms with E-state index in [0.717, 1.165) is 177 Å². The molecule has 0 bridgehead atoms. The number of rotatable bonds is 8. The smallest absolute Gasteiger partial charge is 0.164 e. The van der Waals surface area contributed by atoms with Gasteiger partial charge in [-0.2, -0.15) is 0 Å². The van der Waals surface area contributed by atoms with Crippen LogP contribution in [-0.4, -0.2) is 24.9 Å². The number of benzene rings is 18. The molecule has 7 heteroatoms. The largest absolute Gasteiger partial charge is 0.455 e. The van der Waals surface area contributed by atoms with Crippen molar-refractivity contribution in [3.05, 3.63) is 427 Å². The van der Waals surface area contributed by atoms with Crippen LogP contribution in [0.5, 0.6) is 23.0 Å². The van der Waals surface area contributed by atoms with Crippen LogP contribution in [0.2, 0.25) is 0 Å². The molecular formula is C107H63N5O2. The molecule has 528 valence electrons. The monoisotopic (exact) mass is 1450 g/mol. The van der Waals surface area contributed by atoms with Gasteiger partial charge in [0.2, 0.25) is 0 Å². The molecule has 7 nitrogen and oxygen atoms in total. The SMILES string of the molecule is c1ccc(-c2nc(-c3ccccc3)nc(-c3ccc(-c4cccc5c4-c4ccccc4C54c5ccc6ccccc6c5Oc5c4ccc4ccc(-c6cccc(-c7ccc(-c8nc(-c9cccc%10c9-c9ccccc9C%109c%10ccc%11ccccc%11c%10Oc%10c9ccc9ccccc%109)nc9ccccc89)cc7)c6)cc54)cc3)n2)cc1. The van der Waals surface area contributed by atoms with E-state index in [1.807, 2.05) is 60.7 Å². The molecule has 24 rings (SSSR count). The second kappa shape index (κ2) is 24.7. The minimum Gasteiger partial charge on any atom is -0.455 e. The van der Waals surface area contributed by atoms with E-state index in [9.17, 15) is 0 Å². The van der Waals surface area contributed by atoms with Gasteiger partial charge in [-0.05, 0) is 118 Å². The van der Waals surface area contributed by atoms with Gasteiger partial charge in [0.1, 0.15) is 23.0 Å². The van der Waals surface area contributed by atoms with Crippen molar-refractivity contribution in [1.82, 2.24) is 24.9 Å². The number of hydrogen-bond acceptors (Lipinski definition) is 7. The first-order valence-electron chi connectivity index (χ1n) is 38.9. The Morgan fingerprint density at radius 1 is 0.184 bits per heavy atom. The Bertz CT molecular complexity index is 7340. The predicted molar refractivity (Wildman–Crippen MR) is 461 cm³/mol. The normalized spacial score (nSPS) is 14.2. The predicted octanol–water partition coefficient (Wildman–Crippen LogP) is 26.7. The van der Waals surface area contributed by atoms with Crippen molar-refractivity contribution in [3.8, 4) is 135 Å². The highest BCUT2D eigenvalue weighted by Gasteiger charge is 2.54. The topological polar surface area (TPSA) is 82.9 Å². The van der Waals surface area contributed by atoms with Crippen LogP contribution in [0, 0.1) is 0 Å². The third-order valence-corrected chi connectivity index (χ3v) is 24.5. The molecule has 2 aromatic heterocycles. The van der Waals surface area contributed by atoms with Gasteiger partial charge in [0.25, 0.3) is 0 Å². The highest BCUT2D eigenvalue weighted by atomic mass is 16.5. The lowest BCUT2D eigenvalue weighted by Crippen LogP contribution is -2.32. The van der Waals surface area contributed by atoms with E-state index in [-0.39, 0.29) is 0 Å². The fraction of sp³-hybridized carbons (Fsp3) is 0.0187. The van der Waals surface area contributed by atoms with Crippen LogP contribution >= 0.6 is 0 Å². The van der Waals surface area contributed by atoms with Crippen LogP contribution in [0.25, 0.3) is 166 Å². The van der Waals surface area contributed by atoms with Gasteiger partial charge < -0.3 is 9.47 Å². The molecule has 1 unspecified atom stereocenters. The van der Waals surface area contributed by atoms with E-state index in [1.165, 1.54) is 33.4 Å². The van der Waals surface area contributed by atoms with E-state index in [2.05, 4.69) is 322 Å². The second-order valence-corrected chi connectivity index (χ2v) is 30.3. The molecule has 1 atom stereocenters. The highest BCUT2D eigenvalue weighted by Crippen LogP contribution is 2.67. The van der Waals surface area contributed by atoms with Crippen molar-refractivity contribution in [2.45, 2.75) is 10.8 Å². The van der Waals surface area contributed by atoms with Crippen molar-refractivity contribution in [2.75, 3.05) is 0 Å². The molecule has 4 aliphatic rings. The lowest BCUT2D eigenvalue weighted by Gasteiger charge is -2.40. The van der Waals surface area contributed by atoms with E-state index < -0.39 is 10.8 Å². The summed E-state index contributed by atoms with van der Waals surface area (Å²) >= 11 is 0. The summed E-state index contributed by atoms with van der Waals surface area (Å²) in [5, 5.41) is 9.74. The molecule has 4 heterocycles. The first-order valence-corrected chi connectivity index (χ1v) is 38.9. The average molecular weight is 1450 g/mol. The minimum absolute atomic E-state index is 0.614. The summed E-state index contributed by atoms with van der Waals surface area (Å²) in [4.78, 5) is 26.3. The lowest BCUT2D eigenvalue weighted by atomic mass is 9.65. The summed E-state index contributed by atoms with van der Waals surface area (Å²) in [6.45, 7) is 0. The van der Waals surface area contributed by atoms with Crippen LogP contribution in [-0.2, 0) is 10.8 Å². The highest BCUT2D eigenvalue weighted by molar-refractivity contribution is 6.06. The maximum atomic E-state index is 7.63. The Labute approximate surface area is 657 Å². The summed E-state index contributed by atoms with van der Waals surface area (Å²) in [6, 6.07) is 138. The van der Waals surface area contributed by atoms with Gasteiger partial charge in [-0.1, -0.05) is 364 Å². The van der Waals surface area contributed by atoms with Gasteiger partial charge in [-0.25, -0.2) is 24.9 Å². The number of para-hydroxylation sites is 1. The van der Waals surface area contributed by atoms with Gasteiger partial charge in [0, 0.05) is 77.0 Å². The number of aromatic nitrogens is 5. The molecule has 0 radical (unpaired) electrons. The number of fused-ring (bicyclic) bond motifs is 27. The molecule has 2 aliphatic carbocycles. The molecular weight excluding hydrogens is 1390 g/mol. The quantitative estimate of drug-likeness (QED) is 0.150. The third-order valence-electron chi connectivity index (χ3n) is 24.5. The zero-order valence-corrected chi connectivity index (χ0v) is 61.4. The Morgan fingerprint density at radius 2 is 0.535 bits per heavy atom. The Morgan fingerprint density at radius 3 is 1.08 bits per heavy atom. The Kier molecular flexibility index (Phi) is 13.8. The van der Waals surface area contributed by atoms with Crippen LogP contribution in [0.4, 0.5) is 0 Å². The Balaban J connectivity index is 0.602. The maximum absolute atomic E-state index is 7.63. The fourth-order valence-corrected chi connectivity index (χ4v) is 19.4. The molecule has 18 aromatic carbocycles. The van der Waals surface area contributed by atoms with Crippen molar-refractivity contribution in [1.29, 1.82) is 0 Å². The molecule has 0 saturated heterocycles. The summed E-state index contributed by atoms with van der Waals surface area (Å²) in [5.41, 5.74) is 25.6. The van der Waals surface area contributed by atoms with E-state index >= 15 is 0 Å². The van der Waals surface area contributed by atoms with Crippen LogP contribution < -0.4 is 9.47 Å². The number of ether oxygens (including phenoxy) is 2. The molecule has 2 spiro atoms.